The van der Waals surface area contributed by atoms with Gasteiger partial charge in [0.25, 0.3) is 10.0 Å². The van der Waals surface area contributed by atoms with Gasteiger partial charge in [-0.15, -0.1) is 5.10 Å². The number of benzene rings is 2. The third-order valence-electron chi connectivity index (χ3n) is 4.83. The predicted molar refractivity (Wildman–Crippen MR) is 109 cm³/mol. The number of nitrogens with one attached hydrogen (secondary N) is 1. The van der Waals surface area contributed by atoms with Gasteiger partial charge in [-0.1, -0.05) is 12.1 Å². The van der Waals surface area contributed by atoms with Crippen LogP contribution in [0, 0.1) is 0 Å². The van der Waals surface area contributed by atoms with E-state index in [1.54, 1.807) is 31.3 Å². The van der Waals surface area contributed by atoms with Crippen LogP contribution in [0.1, 0.15) is 12.8 Å². The minimum absolute atomic E-state index is 0.0337. The molecule has 2 heterocycles. The maximum Gasteiger partial charge on any atom is 0.261 e. The molecule has 1 aliphatic heterocycles. The van der Waals surface area contributed by atoms with Crippen molar-refractivity contribution in [3.05, 3.63) is 48.5 Å². The largest absolute Gasteiger partial charge is 0.280 e. The highest BCUT2D eigenvalue weighted by molar-refractivity contribution is 7.92. The number of sulfonamides is 2. The molecule has 4 rings (SSSR count). The highest BCUT2D eigenvalue weighted by atomic mass is 32.2. The van der Waals surface area contributed by atoms with Gasteiger partial charge in [0.05, 0.1) is 9.79 Å². The number of aromatic nitrogens is 4. The van der Waals surface area contributed by atoms with Crippen molar-refractivity contribution in [3.8, 4) is 11.4 Å². The lowest BCUT2D eigenvalue weighted by Crippen LogP contribution is -2.27. The van der Waals surface area contributed by atoms with Gasteiger partial charge in [0, 0.05) is 31.4 Å². The Kier molecular flexibility index (Phi) is 5.30. The number of rotatable bonds is 6. The summed E-state index contributed by atoms with van der Waals surface area (Å²) < 4.78 is 56.1. The van der Waals surface area contributed by atoms with Gasteiger partial charge >= 0.3 is 0 Å². The first-order valence-corrected chi connectivity index (χ1v) is 12.2. The van der Waals surface area contributed by atoms with Crippen molar-refractivity contribution >= 4 is 25.7 Å². The van der Waals surface area contributed by atoms with Crippen molar-refractivity contribution in [1.29, 1.82) is 0 Å². The van der Waals surface area contributed by atoms with E-state index in [-0.39, 0.29) is 9.79 Å². The van der Waals surface area contributed by atoms with Crippen LogP contribution in [0.3, 0.4) is 0 Å². The van der Waals surface area contributed by atoms with Crippen molar-refractivity contribution in [1.82, 2.24) is 24.5 Å². The molecule has 1 saturated heterocycles. The fourth-order valence-electron chi connectivity index (χ4n) is 3.28. The summed E-state index contributed by atoms with van der Waals surface area (Å²) in [5, 5.41) is 11.3. The standard InChI is InChI=1S/C18H20N6O4S2/c1-23-18(19-21-22-23)14-5-4-6-15(13-14)20-29(25,26)16-7-9-17(10-8-16)30(27,28)24-11-2-3-12-24/h4-10,13,20H,2-3,11-12H2,1H3. The van der Waals surface area contributed by atoms with Crippen LogP contribution in [-0.2, 0) is 27.1 Å². The number of anilines is 1. The molecule has 12 heteroatoms. The van der Waals surface area contributed by atoms with Gasteiger partial charge in [-0.3, -0.25) is 4.72 Å². The van der Waals surface area contributed by atoms with Crippen molar-refractivity contribution in [2.45, 2.75) is 22.6 Å². The van der Waals surface area contributed by atoms with Crippen LogP contribution in [0.2, 0.25) is 0 Å². The molecule has 0 saturated carbocycles. The molecule has 1 aliphatic rings. The maximum absolute atomic E-state index is 12.8. The summed E-state index contributed by atoms with van der Waals surface area (Å²) in [6.45, 7) is 0.975. The van der Waals surface area contributed by atoms with Crippen LogP contribution in [0.25, 0.3) is 11.4 Å². The van der Waals surface area contributed by atoms with Gasteiger partial charge in [0.15, 0.2) is 5.82 Å². The summed E-state index contributed by atoms with van der Waals surface area (Å²) in [4.78, 5) is 0.0497. The summed E-state index contributed by atoms with van der Waals surface area (Å²) in [5.74, 6) is 0.493. The first kappa shape index (κ1) is 20.4. The van der Waals surface area contributed by atoms with Crippen LogP contribution >= 0.6 is 0 Å². The number of hydrogen-bond donors (Lipinski definition) is 1. The third-order valence-corrected chi connectivity index (χ3v) is 8.14. The average Bonchev–Trinajstić information content (AvgIpc) is 3.40. The summed E-state index contributed by atoms with van der Waals surface area (Å²) >= 11 is 0. The van der Waals surface area contributed by atoms with E-state index in [0.717, 1.165) is 12.8 Å². The summed E-state index contributed by atoms with van der Waals surface area (Å²) in [5.41, 5.74) is 0.985. The fraction of sp³-hybridized carbons (Fsp3) is 0.278. The molecule has 1 N–H and O–H groups in total. The molecule has 0 bridgehead atoms. The Morgan fingerprint density at radius 2 is 1.60 bits per heavy atom. The van der Waals surface area contributed by atoms with Gasteiger partial charge in [0.2, 0.25) is 10.0 Å². The van der Waals surface area contributed by atoms with Gasteiger partial charge in [-0.2, -0.15) is 4.31 Å². The molecule has 1 fully saturated rings. The first-order chi connectivity index (χ1) is 14.3. The normalized spacial score (nSPS) is 15.4. The van der Waals surface area contributed by atoms with Gasteiger partial charge in [-0.05, 0) is 59.7 Å². The maximum atomic E-state index is 12.8. The number of aryl methyl sites for hydroxylation is 1. The quantitative estimate of drug-likeness (QED) is 0.605. The minimum Gasteiger partial charge on any atom is -0.280 e. The van der Waals surface area contributed by atoms with Crippen LogP contribution in [0.15, 0.2) is 58.3 Å². The van der Waals surface area contributed by atoms with E-state index in [4.69, 9.17) is 0 Å². The predicted octanol–water partition coefficient (Wildman–Crippen LogP) is 1.46. The lowest BCUT2D eigenvalue weighted by Gasteiger charge is -2.16. The van der Waals surface area contributed by atoms with E-state index < -0.39 is 20.0 Å². The van der Waals surface area contributed by atoms with E-state index >= 15 is 0 Å². The van der Waals surface area contributed by atoms with E-state index in [0.29, 0.717) is 30.2 Å². The Morgan fingerprint density at radius 1 is 0.933 bits per heavy atom. The lowest BCUT2D eigenvalue weighted by molar-refractivity contribution is 0.477. The molecule has 0 amide bonds. The summed E-state index contributed by atoms with van der Waals surface area (Å²) in [6.07, 6.45) is 1.66. The second-order valence-electron chi connectivity index (χ2n) is 6.89. The Labute approximate surface area is 174 Å². The van der Waals surface area contributed by atoms with E-state index in [9.17, 15) is 16.8 Å². The highest BCUT2D eigenvalue weighted by Crippen LogP contribution is 2.25. The molecule has 0 spiro atoms. The van der Waals surface area contributed by atoms with E-state index in [1.165, 1.54) is 33.3 Å². The van der Waals surface area contributed by atoms with Crippen molar-refractivity contribution in [2.75, 3.05) is 17.8 Å². The Hall–Kier alpha value is -2.83. The zero-order valence-electron chi connectivity index (χ0n) is 16.1. The van der Waals surface area contributed by atoms with E-state index in [1.807, 2.05) is 0 Å². The highest BCUT2D eigenvalue weighted by Gasteiger charge is 2.27. The van der Waals surface area contributed by atoms with Crippen molar-refractivity contribution < 1.29 is 16.8 Å². The monoisotopic (exact) mass is 448 g/mol. The summed E-state index contributed by atoms with van der Waals surface area (Å²) in [6, 6.07) is 11.9. The molecular formula is C18H20N6O4S2. The lowest BCUT2D eigenvalue weighted by atomic mass is 10.2. The number of nitrogens with zero attached hydrogens (tertiary/aromatic N) is 5. The van der Waals surface area contributed by atoms with Crippen LogP contribution in [0.5, 0.6) is 0 Å². The Bertz CT molecular complexity index is 1260. The van der Waals surface area contributed by atoms with Gasteiger partial charge < -0.3 is 0 Å². The second-order valence-corrected chi connectivity index (χ2v) is 10.5. The molecular weight excluding hydrogens is 428 g/mol. The molecule has 10 nitrogen and oxygen atoms in total. The third kappa shape index (κ3) is 3.93. The van der Waals surface area contributed by atoms with E-state index in [2.05, 4.69) is 20.2 Å². The minimum atomic E-state index is -3.91. The zero-order chi connectivity index (χ0) is 21.4. The zero-order valence-corrected chi connectivity index (χ0v) is 17.8. The average molecular weight is 449 g/mol. The number of hydrogen-bond acceptors (Lipinski definition) is 7. The Morgan fingerprint density at radius 3 is 2.23 bits per heavy atom. The molecule has 0 atom stereocenters. The topological polar surface area (TPSA) is 127 Å². The van der Waals surface area contributed by atoms with Crippen LogP contribution < -0.4 is 4.72 Å². The van der Waals surface area contributed by atoms with Crippen molar-refractivity contribution in [2.24, 2.45) is 7.05 Å². The second kappa shape index (κ2) is 7.78. The van der Waals surface area contributed by atoms with Crippen molar-refractivity contribution in [3.63, 3.8) is 0 Å². The molecule has 0 aliphatic carbocycles. The van der Waals surface area contributed by atoms with Crippen LogP contribution in [0.4, 0.5) is 5.69 Å². The molecule has 0 unspecified atom stereocenters. The first-order valence-electron chi connectivity index (χ1n) is 9.23. The molecule has 30 heavy (non-hydrogen) atoms. The summed E-state index contributed by atoms with van der Waals surface area (Å²) in [7, 11) is -5.82. The fourth-order valence-corrected chi connectivity index (χ4v) is 5.84. The SMILES string of the molecule is Cn1nnnc1-c1cccc(NS(=O)(=O)c2ccc(S(=O)(=O)N3CCCC3)cc2)c1. The molecule has 2 aromatic carbocycles. The molecule has 0 radical (unpaired) electrons. The van der Waals surface area contributed by atoms with Crippen LogP contribution in [-0.4, -0.2) is 54.4 Å². The molecule has 3 aromatic rings. The molecule has 1 aromatic heterocycles. The molecule has 158 valence electrons. The van der Waals surface area contributed by atoms with Gasteiger partial charge in [-0.25, -0.2) is 21.5 Å². The van der Waals surface area contributed by atoms with Gasteiger partial charge in [0.1, 0.15) is 0 Å². The Balaban J connectivity index is 1.56. The number of tetrazole rings is 1. The smallest absolute Gasteiger partial charge is 0.261 e.